The van der Waals surface area contributed by atoms with E-state index in [1.807, 2.05) is 0 Å². The lowest BCUT2D eigenvalue weighted by atomic mass is 10.1. The van der Waals surface area contributed by atoms with Crippen LogP contribution in [0.1, 0.15) is 10.4 Å². The van der Waals surface area contributed by atoms with Crippen LogP contribution in [0.5, 0.6) is 0 Å². The molecule has 0 saturated carbocycles. The molecule has 0 amide bonds. The molecule has 3 rings (SSSR count). The minimum Gasteiger partial charge on any atom is -0.478 e. The molecule has 0 radical (unpaired) electrons. The van der Waals surface area contributed by atoms with E-state index in [9.17, 15) is 13.6 Å². The summed E-state index contributed by atoms with van der Waals surface area (Å²) in [4.78, 5) is 14.8. The Morgan fingerprint density at radius 2 is 1.86 bits per heavy atom. The van der Waals surface area contributed by atoms with Crippen LogP contribution in [0.3, 0.4) is 0 Å². The van der Waals surface area contributed by atoms with Crippen LogP contribution in [0.2, 0.25) is 0 Å². The maximum Gasteiger partial charge on any atom is 0.335 e. The first kappa shape index (κ1) is 13.9. The highest BCUT2D eigenvalue weighted by Gasteiger charge is 2.12. The first-order valence-corrected chi connectivity index (χ1v) is 6.39. The maximum absolute atomic E-state index is 14.0. The topological polar surface area (TPSA) is 62.2 Å². The number of halogens is 2. The Bertz CT molecular complexity index is 881. The van der Waals surface area contributed by atoms with E-state index in [4.69, 9.17) is 5.11 Å². The summed E-state index contributed by atoms with van der Waals surface area (Å²) >= 11 is 0. The summed E-state index contributed by atoms with van der Waals surface area (Å²) in [7, 11) is 0. The van der Waals surface area contributed by atoms with E-state index in [-0.39, 0.29) is 16.5 Å². The van der Waals surface area contributed by atoms with Gasteiger partial charge in [0.05, 0.1) is 16.6 Å². The highest BCUT2D eigenvalue weighted by Crippen LogP contribution is 2.29. The van der Waals surface area contributed by atoms with Crippen LogP contribution in [0, 0.1) is 11.6 Å². The number of carboxylic acids is 1. The van der Waals surface area contributed by atoms with Crippen molar-refractivity contribution in [2.45, 2.75) is 0 Å². The van der Waals surface area contributed by atoms with E-state index in [0.717, 1.165) is 12.1 Å². The summed E-state index contributed by atoms with van der Waals surface area (Å²) < 4.78 is 27.7. The zero-order chi connectivity index (χ0) is 15.7. The Balaban J connectivity index is 2.10. The van der Waals surface area contributed by atoms with Crippen molar-refractivity contribution in [2.75, 3.05) is 5.32 Å². The van der Waals surface area contributed by atoms with E-state index in [2.05, 4.69) is 10.3 Å². The normalized spacial score (nSPS) is 10.6. The van der Waals surface area contributed by atoms with Crippen molar-refractivity contribution in [3.8, 4) is 0 Å². The van der Waals surface area contributed by atoms with Crippen molar-refractivity contribution in [3.05, 3.63) is 65.9 Å². The number of rotatable bonds is 3. The molecule has 0 aliphatic carbocycles. The summed E-state index contributed by atoms with van der Waals surface area (Å²) in [6, 6.07) is 9.59. The van der Waals surface area contributed by atoms with Crippen LogP contribution < -0.4 is 5.32 Å². The standard InChI is InChI=1S/C16H10F2N2O2/c17-11-4-5-12(18)15-14(11)13(6-7-19-15)20-10-3-1-2-9(8-10)16(21)22/h1-8H,(H,19,20)(H,21,22). The number of aromatic carboxylic acids is 1. The molecule has 0 unspecified atom stereocenters. The van der Waals surface area contributed by atoms with Gasteiger partial charge in [-0.25, -0.2) is 13.6 Å². The van der Waals surface area contributed by atoms with Gasteiger partial charge < -0.3 is 10.4 Å². The van der Waals surface area contributed by atoms with Gasteiger partial charge in [0.25, 0.3) is 0 Å². The fourth-order valence-electron chi connectivity index (χ4n) is 2.18. The predicted molar refractivity (Wildman–Crippen MR) is 78.3 cm³/mol. The number of carbonyl (C=O) groups is 1. The van der Waals surface area contributed by atoms with Crippen LogP contribution in [0.25, 0.3) is 10.9 Å². The highest BCUT2D eigenvalue weighted by atomic mass is 19.1. The summed E-state index contributed by atoms with van der Waals surface area (Å²) in [6.07, 6.45) is 1.36. The molecule has 2 aromatic carbocycles. The van der Waals surface area contributed by atoms with E-state index < -0.39 is 17.6 Å². The maximum atomic E-state index is 14.0. The zero-order valence-electron chi connectivity index (χ0n) is 11.2. The number of nitrogens with one attached hydrogen (secondary N) is 1. The summed E-state index contributed by atoms with van der Waals surface area (Å²) in [5, 5.41) is 11.9. The van der Waals surface area contributed by atoms with Gasteiger partial charge in [-0.1, -0.05) is 6.07 Å². The average molecular weight is 300 g/mol. The van der Waals surface area contributed by atoms with Crippen LogP contribution in [0.4, 0.5) is 20.2 Å². The number of nitrogens with zero attached hydrogens (tertiary/aromatic N) is 1. The predicted octanol–water partition coefficient (Wildman–Crippen LogP) is 3.95. The lowest BCUT2D eigenvalue weighted by Crippen LogP contribution is -1.99. The molecule has 6 heteroatoms. The second-order valence-corrected chi connectivity index (χ2v) is 4.62. The summed E-state index contributed by atoms with van der Waals surface area (Å²) in [5.74, 6) is -2.30. The number of carboxylic acid groups (broad SMARTS) is 1. The molecule has 110 valence electrons. The van der Waals surface area contributed by atoms with Gasteiger partial charge in [0.1, 0.15) is 17.2 Å². The fraction of sp³-hybridized carbons (Fsp3) is 0. The van der Waals surface area contributed by atoms with Crippen molar-refractivity contribution >= 4 is 28.2 Å². The monoisotopic (exact) mass is 300 g/mol. The molecular weight excluding hydrogens is 290 g/mol. The first-order valence-electron chi connectivity index (χ1n) is 6.39. The minimum absolute atomic E-state index is 0.0169. The second kappa shape index (κ2) is 5.40. The van der Waals surface area contributed by atoms with Gasteiger partial charge in [0, 0.05) is 11.9 Å². The summed E-state index contributed by atoms with van der Waals surface area (Å²) in [6.45, 7) is 0. The molecule has 3 aromatic rings. The van der Waals surface area contributed by atoms with E-state index in [0.29, 0.717) is 11.4 Å². The van der Waals surface area contributed by atoms with Gasteiger partial charge in [-0.2, -0.15) is 0 Å². The second-order valence-electron chi connectivity index (χ2n) is 4.62. The molecule has 0 aliphatic heterocycles. The van der Waals surface area contributed by atoms with Crippen molar-refractivity contribution in [1.82, 2.24) is 4.98 Å². The number of hydrogen-bond acceptors (Lipinski definition) is 3. The number of pyridine rings is 1. The van der Waals surface area contributed by atoms with Gasteiger partial charge >= 0.3 is 5.97 Å². The molecule has 1 heterocycles. The molecule has 4 nitrogen and oxygen atoms in total. The SMILES string of the molecule is O=C(O)c1cccc(Nc2ccnc3c(F)ccc(F)c23)c1. The van der Waals surface area contributed by atoms with Crippen molar-refractivity contribution in [2.24, 2.45) is 0 Å². The number of anilines is 2. The largest absolute Gasteiger partial charge is 0.478 e. The van der Waals surface area contributed by atoms with Crippen LogP contribution in [-0.4, -0.2) is 16.1 Å². The average Bonchev–Trinajstić information content (AvgIpc) is 2.51. The van der Waals surface area contributed by atoms with E-state index in [1.54, 1.807) is 12.1 Å². The smallest absolute Gasteiger partial charge is 0.335 e. The van der Waals surface area contributed by atoms with E-state index in [1.165, 1.54) is 24.4 Å². The van der Waals surface area contributed by atoms with Gasteiger partial charge in [-0.05, 0) is 36.4 Å². The van der Waals surface area contributed by atoms with Crippen molar-refractivity contribution in [1.29, 1.82) is 0 Å². The minimum atomic E-state index is -1.07. The number of aromatic nitrogens is 1. The Hall–Kier alpha value is -3.02. The van der Waals surface area contributed by atoms with E-state index >= 15 is 0 Å². The molecule has 2 N–H and O–H groups in total. The van der Waals surface area contributed by atoms with Gasteiger partial charge in [0.15, 0.2) is 0 Å². The first-order chi connectivity index (χ1) is 10.6. The molecule has 0 aliphatic rings. The zero-order valence-corrected chi connectivity index (χ0v) is 11.2. The molecule has 0 saturated heterocycles. The number of hydrogen-bond donors (Lipinski definition) is 2. The third-order valence-electron chi connectivity index (χ3n) is 3.18. The lowest BCUT2D eigenvalue weighted by molar-refractivity contribution is 0.0697. The number of benzene rings is 2. The molecular formula is C16H10F2N2O2. The van der Waals surface area contributed by atoms with Crippen LogP contribution in [-0.2, 0) is 0 Å². The fourth-order valence-corrected chi connectivity index (χ4v) is 2.18. The lowest BCUT2D eigenvalue weighted by Gasteiger charge is -2.11. The third-order valence-corrected chi connectivity index (χ3v) is 3.18. The molecule has 0 bridgehead atoms. The molecule has 22 heavy (non-hydrogen) atoms. The third kappa shape index (κ3) is 2.46. The van der Waals surface area contributed by atoms with Crippen LogP contribution in [0.15, 0.2) is 48.7 Å². The molecule has 0 fully saturated rings. The van der Waals surface area contributed by atoms with Crippen LogP contribution >= 0.6 is 0 Å². The van der Waals surface area contributed by atoms with Gasteiger partial charge in [-0.15, -0.1) is 0 Å². The highest BCUT2D eigenvalue weighted by molar-refractivity contribution is 5.94. The van der Waals surface area contributed by atoms with Gasteiger partial charge in [0.2, 0.25) is 0 Å². The quantitative estimate of drug-likeness (QED) is 0.768. The Morgan fingerprint density at radius 3 is 2.64 bits per heavy atom. The molecule has 0 atom stereocenters. The molecule has 1 aromatic heterocycles. The van der Waals surface area contributed by atoms with Gasteiger partial charge in [-0.3, -0.25) is 4.98 Å². The molecule has 0 spiro atoms. The number of fused-ring (bicyclic) bond motifs is 1. The Labute approximate surface area is 124 Å². The summed E-state index contributed by atoms with van der Waals surface area (Å²) in [5.41, 5.74) is 0.773. The van der Waals surface area contributed by atoms with Crippen molar-refractivity contribution < 1.29 is 18.7 Å². The Kier molecular flexibility index (Phi) is 3.42. The Morgan fingerprint density at radius 1 is 1.09 bits per heavy atom. The van der Waals surface area contributed by atoms with Crippen molar-refractivity contribution in [3.63, 3.8) is 0 Å².